The van der Waals surface area contributed by atoms with E-state index in [1.807, 2.05) is 60.1 Å². The average Bonchev–Trinajstić information content (AvgIpc) is 3.00. The summed E-state index contributed by atoms with van der Waals surface area (Å²) in [5, 5.41) is 4.34. The molecule has 0 bridgehead atoms. The SMILES string of the molecule is CCOC[C@H]1c2c(cnn2C)CCN1C(=O)COc1ccccc1. The molecule has 0 saturated heterocycles. The maximum atomic E-state index is 12.7. The zero-order valence-corrected chi connectivity index (χ0v) is 14.1. The second kappa shape index (κ2) is 7.49. The van der Waals surface area contributed by atoms with Gasteiger partial charge in [0.05, 0.1) is 24.5 Å². The molecule has 6 heteroatoms. The lowest BCUT2D eigenvalue weighted by molar-refractivity contribution is -0.138. The summed E-state index contributed by atoms with van der Waals surface area (Å²) in [5.41, 5.74) is 2.25. The Bertz CT molecular complexity index is 684. The number of hydrogen-bond acceptors (Lipinski definition) is 4. The van der Waals surface area contributed by atoms with E-state index in [-0.39, 0.29) is 18.6 Å². The van der Waals surface area contributed by atoms with Crippen LogP contribution in [0.15, 0.2) is 36.5 Å². The van der Waals surface area contributed by atoms with E-state index in [4.69, 9.17) is 9.47 Å². The molecule has 0 unspecified atom stereocenters. The summed E-state index contributed by atoms with van der Waals surface area (Å²) in [6.45, 7) is 3.73. The fourth-order valence-electron chi connectivity index (χ4n) is 3.10. The van der Waals surface area contributed by atoms with Crippen LogP contribution in [0, 0.1) is 0 Å². The molecule has 0 fully saturated rings. The van der Waals surface area contributed by atoms with Crippen molar-refractivity contribution in [2.45, 2.75) is 19.4 Å². The number of para-hydroxylation sites is 1. The Labute approximate surface area is 142 Å². The number of rotatable bonds is 6. The topological polar surface area (TPSA) is 56.6 Å². The number of nitrogens with zero attached hydrogens (tertiary/aromatic N) is 3. The molecule has 128 valence electrons. The minimum atomic E-state index is -0.118. The van der Waals surface area contributed by atoms with E-state index in [1.54, 1.807) is 0 Å². The highest BCUT2D eigenvalue weighted by atomic mass is 16.5. The summed E-state index contributed by atoms with van der Waals surface area (Å²) in [6.07, 6.45) is 2.69. The minimum Gasteiger partial charge on any atom is -0.484 e. The van der Waals surface area contributed by atoms with E-state index >= 15 is 0 Å². The maximum absolute atomic E-state index is 12.7. The van der Waals surface area contributed by atoms with Crippen molar-refractivity contribution >= 4 is 5.91 Å². The van der Waals surface area contributed by atoms with Gasteiger partial charge in [0.25, 0.3) is 5.91 Å². The molecule has 24 heavy (non-hydrogen) atoms. The predicted molar refractivity (Wildman–Crippen MR) is 89.8 cm³/mol. The van der Waals surface area contributed by atoms with Gasteiger partial charge in [0.2, 0.25) is 0 Å². The van der Waals surface area contributed by atoms with Crippen molar-refractivity contribution in [3.8, 4) is 5.75 Å². The summed E-state index contributed by atoms with van der Waals surface area (Å²) < 4.78 is 13.1. The highest BCUT2D eigenvalue weighted by Crippen LogP contribution is 2.29. The normalized spacial score (nSPS) is 16.8. The average molecular weight is 329 g/mol. The van der Waals surface area contributed by atoms with Gasteiger partial charge in [0, 0.05) is 20.2 Å². The molecule has 2 heterocycles. The molecule has 0 saturated carbocycles. The van der Waals surface area contributed by atoms with Crippen molar-refractivity contribution < 1.29 is 14.3 Å². The highest BCUT2D eigenvalue weighted by molar-refractivity contribution is 5.78. The Balaban J connectivity index is 1.73. The van der Waals surface area contributed by atoms with Crippen molar-refractivity contribution in [2.75, 3.05) is 26.4 Å². The van der Waals surface area contributed by atoms with Crippen LogP contribution in [0.1, 0.15) is 24.2 Å². The first kappa shape index (κ1) is 16.5. The van der Waals surface area contributed by atoms with E-state index in [9.17, 15) is 4.79 Å². The monoisotopic (exact) mass is 329 g/mol. The van der Waals surface area contributed by atoms with Crippen LogP contribution in [-0.4, -0.2) is 47.0 Å². The number of carbonyl (C=O) groups excluding carboxylic acids is 1. The first-order valence-corrected chi connectivity index (χ1v) is 8.26. The van der Waals surface area contributed by atoms with Gasteiger partial charge in [-0.3, -0.25) is 9.48 Å². The van der Waals surface area contributed by atoms with Gasteiger partial charge in [0.15, 0.2) is 6.61 Å². The standard InChI is InChI=1S/C18H23N3O3/c1-3-23-12-16-18-14(11-19-20(18)2)9-10-21(16)17(22)13-24-15-7-5-4-6-8-15/h4-8,11,16H,3,9-10,12-13H2,1-2H3/t16-/m0/s1. The number of benzene rings is 1. The molecule has 3 rings (SSSR count). The van der Waals surface area contributed by atoms with Crippen LogP contribution in [0.5, 0.6) is 5.75 Å². The Morgan fingerprint density at radius 3 is 2.88 bits per heavy atom. The molecule has 1 aliphatic rings. The molecule has 1 atom stereocenters. The molecule has 6 nitrogen and oxygen atoms in total. The smallest absolute Gasteiger partial charge is 0.261 e. The summed E-state index contributed by atoms with van der Waals surface area (Å²) in [7, 11) is 1.91. The molecule has 0 aliphatic carbocycles. The Morgan fingerprint density at radius 1 is 1.33 bits per heavy atom. The quantitative estimate of drug-likeness (QED) is 0.813. The van der Waals surface area contributed by atoms with Crippen LogP contribution in [0.3, 0.4) is 0 Å². The lowest BCUT2D eigenvalue weighted by atomic mass is 10.00. The summed E-state index contributed by atoms with van der Waals surface area (Å²) >= 11 is 0. The third-order valence-corrected chi connectivity index (χ3v) is 4.28. The number of amides is 1. The van der Waals surface area contributed by atoms with E-state index < -0.39 is 0 Å². The van der Waals surface area contributed by atoms with E-state index in [0.29, 0.717) is 25.5 Å². The Hall–Kier alpha value is -2.34. The van der Waals surface area contributed by atoms with Crippen molar-refractivity contribution in [2.24, 2.45) is 7.05 Å². The zero-order chi connectivity index (χ0) is 16.9. The lowest BCUT2D eigenvalue weighted by Gasteiger charge is -2.35. The van der Waals surface area contributed by atoms with Gasteiger partial charge in [-0.1, -0.05) is 18.2 Å². The summed E-state index contributed by atoms with van der Waals surface area (Å²) in [6, 6.07) is 9.27. The van der Waals surface area contributed by atoms with Gasteiger partial charge in [-0.2, -0.15) is 5.10 Å². The van der Waals surface area contributed by atoms with Crippen LogP contribution in [0.2, 0.25) is 0 Å². The number of hydrogen-bond donors (Lipinski definition) is 0. The fraction of sp³-hybridized carbons (Fsp3) is 0.444. The largest absolute Gasteiger partial charge is 0.484 e. The number of aromatic nitrogens is 2. The fourth-order valence-corrected chi connectivity index (χ4v) is 3.10. The van der Waals surface area contributed by atoms with Crippen LogP contribution in [-0.2, 0) is 23.0 Å². The molecule has 1 amide bonds. The van der Waals surface area contributed by atoms with Crippen molar-refractivity contribution in [3.63, 3.8) is 0 Å². The van der Waals surface area contributed by atoms with Gasteiger partial charge < -0.3 is 14.4 Å². The Kier molecular flexibility index (Phi) is 5.15. The zero-order valence-electron chi connectivity index (χ0n) is 14.1. The van der Waals surface area contributed by atoms with Crippen LogP contribution >= 0.6 is 0 Å². The lowest BCUT2D eigenvalue weighted by Crippen LogP contribution is -2.44. The summed E-state index contributed by atoms with van der Waals surface area (Å²) in [4.78, 5) is 14.6. The van der Waals surface area contributed by atoms with Gasteiger partial charge >= 0.3 is 0 Å². The first-order valence-electron chi connectivity index (χ1n) is 8.26. The number of ether oxygens (including phenoxy) is 2. The predicted octanol–water partition coefficient (Wildman–Crippen LogP) is 1.96. The van der Waals surface area contributed by atoms with Gasteiger partial charge in [-0.05, 0) is 31.0 Å². The van der Waals surface area contributed by atoms with Crippen molar-refractivity contribution in [1.29, 1.82) is 0 Å². The van der Waals surface area contributed by atoms with E-state index in [2.05, 4.69) is 5.10 Å². The summed E-state index contributed by atoms with van der Waals surface area (Å²) in [5.74, 6) is 0.667. The molecule has 0 spiro atoms. The molecular weight excluding hydrogens is 306 g/mol. The van der Waals surface area contributed by atoms with Crippen molar-refractivity contribution in [1.82, 2.24) is 14.7 Å². The van der Waals surface area contributed by atoms with E-state index in [1.165, 1.54) is 5.56 Å². The van der Waals surface area contributed by atoms with Crippen LogP contribution in [0.4, 0.5) is 0 Å². The third-order valence-electron chi connectivity index (χ3n) is 4.28. The Morgan fingerprint density at radius 2 is 2.12 bits per heavy atom. The first-order chi connectivity index (χ1) is 11.7. The molecule has 0 radical (unpaired) electrons. The molecule has 1 aromatic heterocycles. The second-order valence-corrected chi connectivity index (χ2v) is 5.79. The van der Waals surface area contributed by atoms with Gasteiger partial charge in [-0.15, -0.1) is 0 Å². The van der Waals surface area contributed by atoms with Crippen LogP contribution in [0.25, 0.3) is 0 Å². The molecular formula is C18H23N3O3. The van der Waals surface area contributed by atoms with E-state index in [0.717, 1.165) is 12.1 Å². The molecule has 1 aliphatic heterocycles. The number of carbonyl (C=O) groups is 1. The van der Waals surface area contributed by atoms with Gasteiger partial charge in [0.1, 0.15) is 5.75 Å². The highest BCUT2D eigenvalue weighted by Gasteiger charge is 2.33. The van der Waals surface area contributed by atoms with Crippen molar-refractivity contribution in [3.05, 3.63) is 47.8 Å². The second-order valence-electron chi connectivity index (χ2n) is 5.79. The minimum absolute atomic E-state index is 0.0276. The molecule has 0 N–H and O–H groups in total. The third kappa shape index (κ3) is 3.43. The maximum Gasteiger partial charge on any atom is 0.261 e. The molecule has 1 aromatic carbocycles. The van der Waals surface area contributed by atoms with Crippen LogP contribution < -0.4 is 4.74 Å². The molecule has 2 aromatic rings. The van der Waals surface area contributed by atoms with Gasteiger partial charge in [-0.25, -0.2) is 0 Å². The number of fused-ring (bicyclic) bond motifs is 1. The number of aryl methyl sites for hydroxylation is 1.